The van der Waals surface area contributed by atoms with Crippen molar-refractivity contribution in [3.63, 3.8) is 0 Å². The van der Waals surface area contributed by atoms with Crippen LogP contribution in [-0.2, 0) is 5.33 Å². The zero-order valence-corrected chi connectivity index (χ0v) is 12.8. The Labute approximate surface area is 118 Å². The molecule has 0 atom stereocenters. The number of halogens is 2. The van der Waals surface area contributed by atoms with Gasteiger partial charge in [0.1, 0.15) is 5.82 Å². The van der Waals surface area contributed by atoms with E-state index in [0.29, 0.717) is 10.7 Å². The Morgan fingerprint density at radius 2 is 2.06 bits per heavy atom. The first-order valence-electron chi connectivity index (χ1n) is 6.61. The summed E-state index contributed by atoms with van der Waals surface area (Å²) in [4.78, 5) is 2.20. The number of rotatable bonds is 2. The highest BCUT2D eigenvalue weighted by Gasteiger charge is 2.24. The van der Waals surface area contributed by atoms with Crippen molar-refractivity contribution in [3.05, 3.63) is 29.6 Å². The van der Waals surface area contributed by atoms with Crippen LogP contribution in [0.15, 0.2) is 18.2 Å². The lowest BCUT2D eigenvalue weighted by Gasteiger charge is -2.25. The zero-order valence-electron chi connectivity index (χ0n) is 11.2. The van der Waals surface area contributed by atoms with Crippen molar-refractivity contribution in [1.82, 2.24) is 0 Å². The molecule has 0 spiro atoms. The van der Waals surface area contributed by atoms with Gasteiger partial charge in [-0.25, -0.2) is 4.39 Å². The lowest BCUT2D eigenvalue weighted by atomic mass is 9.85. The Balaban J connectivity index is 2.16. The Morgan fingerprint density at radius 1 is 1.28 bits per heavy atom. The van der Waals surface area contributed by atoms with E-state index in [9.17, 15) is 4.39 Å². The fourth-order valence-electron chi connectivity index (χ4n) is 2.55. The summed E-state index contributed by atoms with van der Waals surface area (Å²) in [5.41, 5.74) is 2.14. The maximum absolute atomic E-state index is 14.1. The molecule has 1 saturated heterocycles. The van der Waals surface area contributed by atoms with Gasteiger partial charge in [-0.15, -0.1) is 0 Å². The molecule has 1 aromatic rings. The Bertz CT molecular complexity index is 417. The summed E-state index contributed by atoms with van der Waals surface area (Å²) in [6, 6.07) is 5.56. The molecular formula is C15H21BrFN. The summed E-state index contributed by atoms with van der Waals surface area (Å²) < 4.78 is 14.1. The third-order valence-electron chi connectivity index (χ3n) is 3.85. The number of anilines is 1. The third-order valence-corrected chi connectivity index (χ3v) is 4.49. The van der Waals surface area contributed by atoms with Crippen molar-refractivity contribution < 1.29 is 4.39 Å². The molecule has 3 heteroatoms. The first-order valence-corrected chi connectivity index (χ1v) is 7.73. The molecule has 1 aliphatic heterocycles. The molecule has 18 heavy (non-hydrogen) atoms. The average molecular weight is 314 g/mol. The first kappa shape index (κ1) is 13.9. The number of alkyl halides is 1. The molecule has 1 aromatic carbocycles. The molecule has 1 heterocycles. The third kappa shape index (κ3) is 3.25. The van der Waals surface area contributed by atoms with E-state index >= 15 is 0 Å². The highest BCUT2D eigenvalue weighted by atomic mass is 79.9. The van der Waals surface area contributed by atoms with Gasteiger partial charge in [0, 0.05) is 18.4 Å². The molecule has 2 rings (SSSR count). The second kappa shape index (κ2) is 5.60. The molecule has 0 radical (unpaired) electrons. The Morgan fingerprint density at radius 3 is 2.72 bits per heavy atom. The predicted molar refractivity (Wildman–Crippen MR) is 78.9 cm³/mol. The van der Waals surface area contributed by atoms with Crippen LogP contribution in [0, 0.1) is 11.2 Å². The van der Waals surface area contributed by atoms with Crippen molar-refractivity contribution >= 4 is 21.6 Å². The molecule has 0 aliphatic carbocycles. The van der Waals surface area contributed by atoms with Crippen LogP contribution in [0.5, 0.6) is 0 Å². The van der Waals surface area contributed by atoms with E-state index in [1.165, 1.54) is 6.42 Å². The summed E-state index contributed by atoms with van der Waals surface area (Å²) in [7, 11) is 0. The summed E-state index contributed by atoms with van der Waals surface area (Å²) >= 11 is 3.36. The monoisotopic (exact) mass is 313 g/mol. The number of benzene rings is 1. The lowest BCUT2D eigenvalue weighted by Crippen LogP contribution is -2.26. The van der Waals surface area contributed by atoms with Crippen molar-refractivity contribution in [2.75, 3.05) is 18.0 Å². The van der Waals surface area contributed by atoms with E-state index in [1.807, 2.05) is 12.1 Å². The van der Waals surface area contributed by atoms with Crippen LogP contribution in [-0.4, -0.2) is 13.1 Å². The minimum Gasteiger partial charge on any atom is -0.369 e. The van der Waals surface area contributed by atoms with Crippen LogP contribution in [0.1, 0.15) is 38.7 Å². The molecule has 0 unspecified atom stereocenters. The molecule has 0 amide bonds. The van der Waals surface area contributed by atoms with Gasteiger partial charge in [0.05, 0.1) is 5.69 Å². The van der Waals surface area contributed by atoms with Gasteiger partial charge < -0.3 is 4.90 Å². The highest BCUT2D eigenvalue weighted by Crippen LogP contribution is 2.32. The minimum absolute atomic E-state index is 0.0911. The summed E-state index contributed by atoms with van der Waals surface area (Å²) in [6.45, 7) is 6.53. The summed E-state index contributed by atoms with van der Waals surface area (Å²) in [5, 5.41) is 0.706. The van der Waals surface area contributed by atoms with Crippen LogP contribution >= 0.6 is 15.9 Å². The maximum Gasteiger partial charge on any atom is 0.146 e. The predicted octanol–water partition coefficient (Wildman–Crippen LogP) is 4.74. The van der Waals surface area contributed by atoms with Gasteiger partial charge in [-0.1, -0.05) is 35.8 Å². The number of hydrogen-bond donors (Lipinski definition) is 0. The Hall–Kier alpha value is -0.570. The SMILES string of the molecule is CC1(C)CCCN(c2ccc(CBr)cc2F)CC1. The van der Waals surface area contributed by atoms with Crippen molar-refractivity contribution in [3.8, 4) is 0 Å². The topological polar surface area (TPSA) is 3.24 Å². The largest absolute Gasteiger partial charge is 0.369 e. The van der Waals surface area contributed by atoms with Crippen LogP contribution in [0.2, 0.25) is 0 Å². The molecule has 0 aromatic heterocycles. The smallest absolute Gasteiger partial charge is 0.146 e. The van der Waals surface area contributed by atoms with E-state index in [4.69, 9.17) is 0 Å². The fraction of sp³-hybridized carbons (Fsp3) is 0.600. The van der Waals surface area contributed by atoms with Gasteiger partial charge >= 0.3 is 0 Å². The van der Waals surface area contributed by atoms with Gasteiger partial charge in [-0.3, -0.25) is 0 Å². The number of nitrogens with zero attached hydrogens (tertiary/aromatic N) is 1. The first-order chi connectivity index (χ1) is 8.52. The van der Waals surface area contributed by atoms with Gasteiger partial charge in [0.2, 0.25) is 0 Å². The van der Waals surface area contributed by atoms with E-state index in [-0.39, 0.29) is 5.82 Å². The fourth-order valence-corrected chi connectivity index (χ4v) is 2.90. The van der Waals surface area contributed by atoms with Crippen LogP contribution < -0.4 is 4.90 Å². The van der Waals surface area contributed by atoms with Crippen LogP contribution in [0.4, 0.5) is 10.1 Å². The zero-order chi connectivity index (χ0) is 13.2. The van der Waals surface area contributed by atoms with E-state index in [2.05, 4.69) is 34.7 Å². The molecule has 1 aliphatic rings. The highest BCUT2D eigenvalue weighted by molar-refractivity contribution is 9.08. The Kier molecular flexibility index (Phi) is 4.31. The van der Waals surface area contributed by atoms with Crippen LogP contribution in [0.25, 0.3) is 0 Å². The molecule has 100 valence electrons. The normalized spacial score (nSPS) is 19.7. The minimum atomic E-state index is -0.0911. The van der Waals surface area contributed by atoms with Crippen molar-refractivity contribution in [2.45, 2.75) is 38.4 Å². The van der Waals surface area contributed by atoms with Gasteiger partial charge in [-0.05, 0) is 42.4 Å². The second-order valence-electron chi connectivity index (χ2n) is 5.92. The molecule has 0 bridgehead atoms. The van der Waals surface area contributed by atoms with Crippen LogP contribution in [0.3, 0.4) is 0 Å². The molecule has 0 N–H and O–H groups in total. The standard InChI is InChI=1S/C15H21BrFN/c1-15(2)6-3-8-18(9-7-15)14-5-4-12(11-16)10-13(14)17/h4-5,10H,3,6-9,11H2,1-2H3. The van der Waals surface area contributed by atoms with Crippen molar-refractivity contribution in [1.29, 1.82) is 0 Å². The van der Waals surface area contributed by atoms with E-state index in [1.54, 1.807) is 6.07 Å². The average Bonchev–Trinajstić information content (AvgIpc) is 2.50. The quantitative estimate of drug-likeness (QED) is 0.713. The van der Waals surface area contributed by atoms with Gasteiger partial charge in [-0.2, -0.15) is 0 Å². The molecular weight excluding hydrogens is 293 g/mol. The summed E-state index contributed by atoms with van der Waals surface area (Å²) in [5.74, 6) is -0.0911. The number of hydrogen-bond acceptors (Lipinski definition) is 1. The van der Waals surface area contributed by atoms with E-state index < -0.39 is 0 Å². The maximum atomic E-state index is 14.1. The second-order valence-corrected chi connectivity index (χ2v) is 6.48. The van der Waals surface area contributed by atoms with Gasteiger partial charge in [0.15, 0.2) is 0 Å². The van der Waals surface area contributed by atoms with Crippen molar-refractivity contribution in [2.24, 2.45) is 5.41 Å². The molecule has 1 fully saturated rings. The lowest BCUT2D eigenvalue weighted by molar-refractivity contribution is 0.325. The summed E-state index contributed by atoms with van der Waals surface area (Å²) in [6.07, 6.45) is 3.50. The molecule has 1 nitrogen and oxygen atoms in total. The van der Waals surface area contributed by atoms with Gasteiger partial charge in [0.25, 0.3) is 0 Å². The molecule has 0 saturated carbocycles. The van der Waals surface area contributed by atoms with E-state index in [0.717, 1.165) is 37.2 Å².